The van der Waals surface area contributed by atoms with Crippen LogP contribution in [0.2, 0.25) is 0 Å². The third-order valence-electron chi connectivity index (χ3n) is 4.99. The van der Waals surface area contributed by atoms with Gasteiger partial charge in [0.1, 0.15) is 6.04 Å². The third-order valence-corrected chi connectivity index (χ3v) is 4.99. The summed E-state index contributed by atoms with van der Waals surface area (Å²) in [5, 5.41) is 2.95. The van der Waals surface area contributed by atoms with Crippen LogP contribution in [-0.2, 0) is 16.1 Å². The van der Waals surface area contributed by atoms with E-state index in [4.69, 9.17) is 9.15 Å². The van der Waals surface area contributed by atoms with Gasteiger partial charge in [-0.15, -0.1) is 0 Å². The monoisotopic (exact) mass is 370 g/mol. The zero-order valence-electron chi connectivity index (χ0n) is 16.0. The van der Waals surface area contributed by atoms with Crippen LogP contribution in [0.1, 0.15) is 47.9 Å². The molecule has 6 nitrogen and oxygen atoms in total. The van der Waals surface area contributed by atoms with Gasteiger partial charge in [0.15, 0.2) is 5.76 Å². The molecule has 1 amide bonds. The molecule has 0 saturated carbocycles. The van der Waals surface area contributed by atoms with E-state index in [1.54, 1.807) is 12.1 Å². The summed E-state index contributed by atoms with van der Waals surface area (Å²) < 4.78 is 10.1. The van der Waals surface area contributed by atoms with E-state index in [1.807, 2.05) is 0 Å². The first-order chi connectivity index (χ1) is 13.0. The van der Waals surface area contributed by atoms with Crippen LogP contribution >= 0.6 is 0 Å². The average Bonchev–Trinajstić information content (AvgIpc) is 3.32. The van der Waals surface area contributed by atoms with Gasteiger partial charge in [-0.25, -0.2) is 0 Å². The number of hydrogen-bond acceptors (Lipinski definition) is 5. The van der Waals surface area contributed by atoms with Crippen molar-refractivity contribution in [3.63, 3.8) is 0 Å². The second-order valence-corrected chi connectivity index (χ2v) is 7.25. The van der Waals surface area contributed by atoms with Crippen LogP contribution in [0.4, 0.5) is 0 Å². The zero-order chi connectivity index (χ0) is 19.4. The molecule has 144 valence electrons. The number of rotatable bonds is 6. The molecule has 2 aromatic rings. The van der Waals surface area contributed by atoms with Gasteiger partial charge in [-0.2, -0.15) is 0 Å². The second kappa shape index (κ2) is 8.39. The lowest BCUT2D eigenvalue weighted by Gasteiger charge is -2.22. The number of esters is 1. The van der Waals surface area contributed by atoms with E-state index in [-0.39, 0.29) is 29.7 Å². The van der Waals surface area contributed by atoms with Crippen LogP contribution in [0.25, 0.3) is 0 Å². The minimum absolute atomic E-state index is 0.137. The molecule has 0 radical (unpaired) electrons. The predicted octanol–water partition coefficient (Wildman–Crippen LogP) is 2.95. The van der Waals surface area contributed by atoms with Gasteiger partial charge in [0.05, 0.1) is 13.4 Å². The smallest absolute Gasteiger partial charge is 0.323 e. The van der Waals surface area contributed by atoms with E-state index in [0.717, 1.165) is 5.56 Å². The SMILES string of the molecule is COC(=O)[C@@H]1C[C@H](NC(=O)c2ccco2)CN1Cc1ccc(C(C)C)cc1. The molecule has 1 N–H and O–H groups in total. The predicted molar refractivity (Wildman–Crippen MR) is 101 cm³/mol. The highest BCUT2D eigenvalue weighted by Crippen LogP contribution is 2.23. The van der Waals surface area contributed by atoms with Gasteiger partial charge in [0, 0.05) is 19.1 Å². The molecule has 1 aliphatic rings. The van der Waals surface area contributed by atoms with E-state index >= 15 is 0 Å². The molecule has 3 rings (SSSR count). The van der Waals surface area contributed by atoms with Crippen molar-refractivity contribution in [3.05, 3.63) is 59.5 Å². The first-order valence-corrected chi connectivity index (χ1v) is 9.23. The number of nitrogens with zero attached hydrogens (tertiary/aromatic N) is 1. The van der Waals surface area contributed by atoms with Crippen molar-refractivity contribution in [2.24, 2.45) is 0 Å². The minimum atomic E-state index is -0.373. The first kappa shape index (κ1) is 19.2. The maximum absolute atomic E-state index is 12.2. The van der Waals surface area contributed by atoms with Gasteiger partial charge in [-0.3, -0.25) is 14.5 Å². The van der Waals surface area contributed by atoms with Crippen molar-refractivity contribution in [1.29, 1.82) is 0 Å². The summed E-state index contributed by atoms with van der Waals surface area (Å²) in [4.78, 5) is 26.5. The Morgan fingerprint density at radius 3 is 2.59 bits per heavy atom. The molecular weight excluding hydrogens is 344 g/mol. The summed E-state index contributed by atoms with van der Waals surface area (Å²) in [5.41, 5.74) is 2.42. The van der Waals surface area contributed by atoms with Crippen molar-refractivity contribution in [1.82, 2.24) is 10.2 Å². The summed E-state index contributed by atoms with van der Waals surface area (Å²) in [5.74, 6) is 0.211. The fourth-order valence-electron chi connectivity index (χ4n) is 3.47. The molecule has 1 aromatic carbocycles. The van der Waals surface area contributed by atoms with E-state index in [1.165, 1.54) is 18.9 Å². The molecule has 0 bridgehead atoms. The van der Waals surface area contributed by atoms with Crippen molar-refractivity contribution in [3.8, 4) is 0 Å². The summed E-state index contributed by atoms with van der Waals surface area (Å²) in [7, 11) is 1.40. The molecule has 1 aromatic heterocycles. The van der Waals surface area contributed by atoms with E-state index < -0.39 is 0 Å². The van der Waals surface area contributed by atoms with Crippen LogP contribution < -0.4 is 5.32 Å². The van der Waals surface area contributed by atoms with Crippen LogP contribution in [-0.4, -0.2) is 42.5 Å². The summed E-state index contributed by atoms with van der Waals surface area (Å²) in [6.45, 7) is 5.54. The number of carbonyl (C=O) groups is 2. The van der Waals surface area contributed by atoms with E-state index in [9.17, 15) is 9.59 Å². The van der Waals surface area contributed by atoms with Gasteiger partial charge < -0.3 is 14.5 Å². The van der Waals surface area contributed by atoms with Gasteiger partial charge in [-0.1, -0.05) is 38.1 Å². The number of benzene rings is 1. The van der Waals surface area contributed by atoms with Crippen molar-refractivity contribution in [2.75, 3.05) is 13.7 Å². The number of methoxy groups -OCH3 is 1. The number of amides is 1. The molecule has 6 heteroatoms. The van der Waals surface area contributed by atoms with Crippen LogP contribution in [0, 0.1) is 0 Å². The third kappa shape index (κ3) is 4.57. The van der Waals surface area contributed by atoms with Crippen molar-refractivity contribution in [2.45, 2.75) is 44.8 Å². The van der Waals surface area contributed by atoms with E-state index in [0.29, 0.717) is 25.4 Å². The molecule has 1 saturated heterocycles. The second-order valence-electron chi connectivity index (χ2n) is 7.25. The fourth-order valence-corrected chi connectivity index (χ4v) is 3.47. The molecule has 2 atom stereocenters. The topological polar surface area (TPSA) is 71.8 Å². The highest BCUT2D eigenvalue weighted by atomic mass is 16.5. The van der Waals surface area contributed by atoms with Gasteiger partial charge in [0.25, 0.3) is 5.91 Å². The molecular formula is C21H26N2O4. The van der Waals surface area contributed by atoms with E-state index in [2.05, 4.69) is 48.3 Å². The van der Waals surface area contributed by atoms with Crippen LogP contribution in [0.5, 0.6) is 0 Å². The highest BCUT2D eigenvalue weighted by Gasteiger charge is 2.38. The Balaban J connectivity index is 1.68. The highest BCUT2D eigenvalue weighted by molar-refractivity contribution is 5.91. The van der Waals surface area contributed by atoms with Crippen molar-refractivity contribution < 1.29 is 18.7 Å². The molecule has 2 heterocycles. The maximum Gasteiger partial charge on any atom is 0.323 e. The number of carbonyl (C=O) groups excluding carboxylic acids is 2. The van der Waals surface area contributed by atoms with Crippen LogP contribution in [0.15, 0.2) is 47.1 Å². The number of hydrogen-bond donors (Lipinski definition) is 1. The first-order valence-electron chi connectivity index (χ1n) is 9.23. The quantitative estimate of drug-likeness (QED) is 0.792. The fraction of sp³-hybridized carbons (Fsp3) is 0.429. The molecule has 0 spiro atoms. The number of furan rings is 1. The lowest BCUT2D eigenvalue weighted by molar-refractivity contribution is -0.146. The van der Waals surface area contributed by atoms with Gasteiger partial charge in [0.2, 0.25) is 0 Å². The molecule has 0 unspecified atom stereocenters. The Morgan fingerprint density at radius 2 is 2.00 bits per heavy atom. The zero-order valence-corrected chi connectivity index (χ0v) is 16.0. The number of nitrogens with one attached hydrogen (secondary N) is 1. The molecule has 0 aliphatic carbocycles. The molecule has 1 aliphatic heterocycles. The Kier molecular flexibility index (Phi) is 5.96. The van der Waals surface area contributed by atoms with Gasteiger partial charge >= 0.3 is 5.97 Å². The standard InChI is InChI=1S/C21H26N2O4/c1-14(2)16-8-6-15(7-9-16)12-23-13-17(11-18(23)21(25)26-3)22-20(24)19-5-4-10-27-19/h4-10,14,17-18H,11-13H2,1-3H3,(H,22,24)/t17-,18-/m0/s1. The normalized spacial score (nSPS) is 20.0. The minimum Gasteiger partial charge on any atom is -0.468 e. The number of likely N-dealkylation sites (tertiary alicyclic amines) is 1. The maximum atomic E-state index is 12.2. The summed E-state index contributed by atoms with van der Waals surface area (Å²) >= 11 is 0. The Bertz CT molecular complexity index is 768. The van der Waals surface area contributed by atoms with Crippen LogP contribution in [0.3, 0.4) is 0 Å². The lowest BCUT2D eigenvalue weighted by atomic mass is 10.0. The van der Waals surface area contributed by atoms with Gasteiger partial charge in [-0.05, 0) is 35.6 Å². The Labute approximate surface area is 159 Å². The Hall–Kier alpha value is -2.60. The average molecular weight is 370 g/mol. The largest absolute Gasteiger partial charge is 0.468 e. The molecule has 27 heavy (non-hydrogen) atoms. The Morgan fingerprint density at radius 1 is 1.26 bits per heavy atom. The molecule has 1 fully saturated rings. The van der Waals surface area contributed by atoms with Crippen molar-refractivity contribution >= 4 is 11.9 Å². The lowest BCUT2D eigenvalue weighted by Crippen LogP contribution is -2.37. The summed E-state index contributed by atoms with van der Waals surface area (Å²) in [6, 6.07) is 11.2. The summed E-state index contributed by atoms with van der Waals surface area (Å²) in [6.07, 6.45) is 1.98. The number of ether oxygens (including phenoxy) is 1.